The normalized spacial score (nSPS) is 17.6. The second-order valence-electron chi connectivity index (χ2n) is 6.64. The molecule has 1 saturated carbocycles. The summed E-state index contributed by atoms with van der Waals surface area (Å²) in [5.74, 6) is -3.21. The first-order valence-electron chi connectivity index (χ1n) is 9.49. The van der Waals surface area contributed by atoms with Crippen LogP contribution in [0.1, 0.15) is 20.3 Å². The van der Waals surface area contributed by atoms with E-state index in [4.69, 9.17) is 16.4 Å². The molecule has 2 heterocycles. The number of hydrogen-bond acceptors (Lipinski definition) is 6. The van der Waals surface area contributed by atoms with E-state index < -0.39 is 17.7 Å². The molecule has 0 saturated heterocycles. The van der Waals surface area contributed by atoms with Gasteiger partial charge in [-0.25, -0.2) is 13.5 Å². The summed E-state index contributed by atoms with van der Waals surface area (Å²) in [6, 6.07) is 3.57. The molecule has 1 atom stereocenters. The van der Waals surface area contributed by atoms with Crippen molar-refractivity contribution in [1.82, 2.24) is 14.8 Å². The Bertz CT molecular complexity index is 910. The Morgan fingerprint density at radius 1 is 1.50 bits per heavy atom. The van der Waals surface area contributed by atoms with Gasteiger partial charge in [-0.05, 0) is 26.0 Å². The SMILES string of the molecule is CCON=C(CSCC1CC1(F)F)C(=O)N(CC)c1cn(-c2cccnc2)nc1Cl. The number of carbonyl (C=O) groups is 1. The maximum absolute atomic E-state index is 13.1. The van der Waals surface area contributed by atoms with Crippen molar-refractivity contribution in [3.63, 3.8) is 0 Å². The van der Waals surface area contributed by atoms with E-state index in [1.165, 1.54) is 21.3 Å². The molecular formula is C19H22ClF2N5O2S. The summed E-state index contributed by atoms with van der Waals surface area (Å²) >= 11 is 7.54. The van der Waals surface area contributed by atoms with E-state index in [-0.39, 0.29) is 35.4 Å². The number of amides is 1. The summed E-state index contributed by atoms with van der Waals surface area (Å²) in [6.07, 6.45) is 4.80. The van der Waals surface area contributed by atoms with Crippen LogP contribution in [-0.2, 0) is 9.63 Å². The molecule has 0 radical (unpaired) electrons. The number of hydrogen-bond donors (Lipinski definition) is 0. The molecule has 3 rings (SSSR count). The van der Waals surface area contributed by atoms with E-state index >= 15 is 0 Å². The van der Waals surface area contributed by atoms with E-state index in [9.17, 15) is 13.6 Å². The molecule has 1 fully saturated rings. The number of pyridine rings is 1. The molecule has 1 aliphatic rings. The Morgan fingerprint density at radius 3 is 2.87 bits per heavy atom. The lowest BCUT2D eigenvalue weighted by atomic mass is 10.3. The number of thioether (sulfide) groups is 1. The van der Waals surface area contributed by atoms with Crippen LogP contribution in [-0.4, -0.2) is 57.0 Å². The third-order valence-electron chi connectivity index (χ3n) is 4.48. The van der Waals surface area contributed by atoms with Gasteiger partial charge in [0, 0.05) is 36.6 Å². The van der Waals surface area contributed by atoms with Crippen LogP contribution in [0.15, 0.2) is 35.9 Å². The highest BCUT2D eigenvalue weighted by Crippen LogP contribution is 2.50. The molecule has 0 aromatic carbocycles. The van der Waals surface area contributed by atoms with Crippen LogP contribution in [0, 0.1) is 5.92 Å². The van der Waals surface area contributed by atoms with E-state index in [0.29, 0.717) is 17.9 Å². The lowest BCUT2D eigenvalue weighted by Crippen LogP contribution is -2.38. The van der Waals surface area contributed by atoms with E-state index in [1.54, 1.807) is 38.5 Å². The van der Waals surface area contributed by atoms with Crippen molar-refractivity contribution in [3.8, 4) is 5.69 Å². The van der Waals surface area contributed by atoms with Crippen molar-refractivity contribution < 1.29 is 18.4 Å². The topological polar surface area (TPSA) is 72.6 Å². The number of halogens is 3. The average molecular weight is 458 g/mol. The van der Waals surface area contributed by atoms with Gasteiger partial charge < -0.3 is 9.74 Å². The zero-order valence-corrected chi connectivity index (χ0v) is 18.2. The quantitative estimate of drug-likeness (QED) is 0.397. The van der Waals surface area contributed by atoms with Gasteiger partial charge in [-0.1, -0.05) is 16.8 Å². The van der Waals surface area contributed by atoms with Crippen LogP contribution in [0.5, 0.6) is 0 Å². The predicted molar refractivity (Wildman–Crippen MR) is 114 cm³/mol. The lowest BCUT2D eigenvalue weighted by Gasteiger charge is -2.20. The summed E-state index contributed by atoms with van der Waals surface area (Å²) in [6.45, 7) is 4.14. The first kappa shape index (κ1) is 22.5. The molecule has 1 unspecified atom stereocenters. The molecule has 11 heteroatoms. The second kappa shape index (κ2) is 9.74. The maximum Gasteiger partial charge on any atom is 0.277 e. The minimum atomic E-state index is -2.59. The van der Waals surface area contributed by atoms with Crippen molar-refractivity contribution in [1.29, 1.82) is 0 Å². The first-order valence-corrected chi connectivity index (χ1v) is 11.0. The van der Waals surface area contributed by atoms with Gasteiger partial charge in [0.1, 0.15) is 12.3 Å². The number of oxime groups is 1. The van der Waals surface area contributed by atoms with Crippen molar-refractivity contribution in [2.75, 3.05) is 29.6 Å². The second-order valence-corrected chi connectivity index (χ2v) is 8.03. The van der Waals surface area contributed by atoms with Crippen LogP contribution < -0.4 is 4.90 Å². The van der Waals surface area contributed by atoms with Gasteiger partial charge in [-0.2, -0.15) is 16.9 Å². The number of anilines is 1. The number of rotatable bonds is 10. The summed E-state index contributed by atoms with van der Waals surface area (Å²) in [7, 11) is 0. The van der Waals surface area contributed by atoms with Crippen LogP contribution >= 0.6 is 23.4 Å². The highest BCUT2D eigenvalue weighted by atomic mass is 35.5. The molecule has 0 spiro atoms. The Hall–Kier alpha value is -2.20. The van der Waals surface area contributed by atoms with E-state index in [0.717, 1.165) is 0 Å². The number of carbonyl (C=O) groups excluding carboxylic acids is 1. The monoisotopic (exact) mass is 457 g/mol. The molecule has 2 aromatic rings. The Labute approximate surface area is 182 Å². The summed E-state index contributed by atoms with van der Waals surface area (Å²) in [5, 5.41) is 8.32. The largest absolute Gasteiger partial charge is 0.396 e. The van der Waals surface area contributed by atoms with Gasteiger partial charge in [-0.15, -0.1) is 0 Å². The summed E-state index contributed by atoms with van der Waals surface area (Å²) in [5.41, 5.74) is 1.24. The van der Waals surface area contributed by atoms with E-state index in [1.807, 2.05) is 6.07 Å². The third kappa shape index (κ3) is 5.28. The fourth-order valence-corrected chi connectivity index (χ4v) is 4.11. The van der Waals surface area contributed by atoms with Crippen LogP contribution in [0.4, 0.5) is 14.5 Å². The van der Waals surface area contributed by atoms with Gasteiger partial charge in [0.2, 0.25) is 0 Å². The minimum absolute atomic E-state index is 0.101. The third-order valence-corrected chi connectivity index (χ3v) is 5.86. The fourth-order valence-electron chi connectivity index (χ4n) is 2.74. The van der Waals surface area contributed by atoms with Crippen molar-refractivity contribution in [2.45, 2.75) is 26.2 Å². The average Bonchev–Trinajstić information content (AvgIpc) is 3.16. The maximum atomic E-state index is 13.1. The fraction of sp³-hybridized carbons (Fsp3) is 0.474. The van der Waals surface area contributed by atoms with Crippen molar-refractivity contribution in [3.05, 3.63) is 35.9 Å². The molecule has 1 aliphatic carbocycles. The first-order chi connectivity index (χ1) is 14.4. The van der Waals surface area contributed by atoms with Gasteiger partial charge >= 0.3 is 0 Å². The Morgan fingerprint density at radius 2 is 2.27 bits per heavy atom. The minimum Gasteiger partial charge on any atom is -0.396 e. The summed E-state index contributed by atoms with van der Waals surface area (Å²) < 4.78 is 27.7. The highest BCUT2D eigenvalue weighted by molar-refractivity contribution is 8.00. The molecule has 30 heavy (non-hydrogen) atoms. The standard InChI is InChI=1S/C19H22ClF2N5O2S/c1-3-26(16-10-27(24-17(16)20)14-6-5-7-23-9-14)18(28)15(25-29-4-2)12-30-11-13-8-19(13,21)22/h5-7,9-10,13H,3-4,8,11-12H2,1-2H3. The van der Waals surface area contributed by atoms with Gasteiger partial charge in [0.25, 0.3) is 11.8 Å². The molecule has 2 aromatic heterocycles. The number of nitrogens with zero attached hydrogens (tertiary/aromatic N) is 5. The van der Waals surface area contributed by atoms with Crippen LogP contribution in [0.3, 0.4) is 0 Å². The Kier molecular flexibility index (Phi) is 7.30. The van der Waals surface area contributed by atoms with Crippen molar-refractivity contribution >= 4 is 40.7 Å². The van der Waals surface area contributed by atoms with Crippen LogP contribution in [0.2, 0.25) is 5.15 Å². The van der Waals surface area contributed by atoms with Gasteiger partial charge in [0.05, 0.1) is 18.1 Å². The Balaban J connectivity index is 1.75. The zero-order chi connectivity index (χ0) is 21.7. The lowest BCUT2D eigenvalue weighted by molar-refractivity contribution is -0.112. The molecule has 0 bridgehead atoms. The highest BCUT2D eigenvalue weighted by Gasteiger charge is 2.56. The molecule has 0 aliphatic heterocycles. The molecular weight excluding hydrogens is 436 g/mol. The zero-order valence-electron chi connectivity index (χ0n) is 16.6. The van der Waals surface area contributed by atoms with E-state index in [2.05, 4.69) is 15.2 Å². The van der Waals surface area contributed by atoms with Gasteiger partial charge in [-0.3, -0.25) is 9.78 Å². The van der Waals surface area contributed by atoms with Crippen LogP contribution in [0.25, 0.3) is 5.69 Å². The van der Waals surface area contributed by atoms with Gasteiger partial charge in [0.15, 0.2) is 10.9 Å². The van der Waals surface area contributed by atoms with Crippen molar-refractivity contribution in [2.24, 2.45) is 11.1 Å². The number of alkyl halides is 2. The molecule has 162 valence electrons. The predicted octanol–water partition coefficient (Wildman–Crippen LogP) is 4.05. The number of aromatic nitrogens is 3. The molecule has 0 N–H and O–H groups in total. The summed E-state index contributed by atoms with van der Waals surface area (Å²) in [4.78, 5) is 23.7. The molecule has 1 amide bonds. The molecule has 7 nitrogen and oxygen atoms in total. The smallest absolute Gasteiger partial charge is 0.277 e.